The van der Waals surface area contributed by atoms with Crippen LogP contribution in [0.15, 0.2) is 72.1 Å². The number of carbonyl (C=O) groups is 4. The highest BCUT2D eigenvalue weighted by molar-refractivity contribution is 6.19. The number of ether oxygens (including phenoxy) is 2. The fraction of sp³-hybridized carbons (Fsp3) is 0.172. The Bertz CT molecular complexity index is 1840. The van der Waals surface area contributed by atoms with E-state index < -0.39 is 24.8 Å². The number of hydrogen-bond acceptors (Lipinski definition) is 12. The first-order chi connectivity index (χ1) is 21.3. The van der Waals surface area contributed by atoms with Crippen LogP contribution < -0.4 is 15.5 Å². The monoisotopic (exact) mass is 598 g/mol. The van der Waals surface area contributed by atoms with E-state index in [1.165, 1.54) is 49.2 Å². The summed E-state index contributed by atoms with van der Waals surface area (Å²) in [6.45, 7) is 5.14. The number of carbonyl (C=O) groups excluding carboxylic acids is 4. The molecule has 4 aromatic heterocycles. The van der Waals surface area contributed by atoms with Gasteiger partial charge in [0.05, 0.1) is 11.1 Å². The maximum atomic E-state index is 13.7. The average Bonchev–Trinajstić information content (AvgIpc) is 3.67. The van der Waals surface area contributed by atoms with Gasteiger partial charge in [-0.05, 0) is 56.2 Å². The summed E-state index contributed by atoms with van der Waals surface area (Å²) in [5.41, 5.74) is 3.17. The minimum atomic E-state index is -1.16. The molecule has 0 saturated heterocycles. The van der Waals surface area contributed by atoms with Gasteiger partial charge in [0.15, 0.2) is 11.6 Å². The number of nitrogens with zero attached hydrogens (tertiary/aromatic N) is 6. The highest BCUT2D eigenvalue weighted by atomic mass is 16.7. The molecule has 0 fully saturated rings. The summed E-state index contributed by atoms with van der Waals surface area (Å²) < 4.78 is 16.4. The number of imide groups is 1. The summed E-state index contributed by atoms with van der Waals surface area (Å²) >= 11 is 0. The van der Waals surface area contributed by atoms with E-state index in [0.717, 1.165) is 5.56 Å². The smallest absolute Gasteiger partial charge is 0.424 e. The van der Waals surface area contributed by atoms with Crippen LogP contribution in [0.25, 0.3) is 5.52 Å². The summed E-state index contributed by atoms with van der Waals surface area (Å²) in [5, 5.41) is 13.9. The maximum absolute atomic E-state index is 13.7. The lowest BCUT2D eigenvalue weighted by atomic mass is 10.1. The third-order valence-corrected chi connectivity index (χ3v) is 6.46. The van der Waals surface area contributed by atoms with Crippen LogP contribution in [0.5, 0.6) is 0 Å². The van der Waals surface area contributed by atoms with Crippen LogP contribution in [0.4, 0.5) is 22.1 Å². The number of esters is 1. The summed E-state index contributed by atoms with van der Waals surface area (Å²) in [5.74, 6) is -1.56. The molecular formula is C29H26N8O7. The number of aryl methyl sites for hydroxylation is 2. The Morgan fingerprint density at radius 1 is 1.07 bits per heavy atom. The second-order valence-electron chi connectivity index (χ2n) is 9.28. The van der Waals surface area contributed by atoms with E-state index in [2.05, 4.69) is 30.9 Å². The van der Waals surface area contributed by atoms with Gasteiger partial charge in [0.1, 0.15) is 18.1 Å². The minimum absolute atomic E-state index is 0.0885. The van der Waals surface area contributed by atoms with Gasteiger partial charge in [0.25, 0.3) is 11.8 Å². The first-order valence-electron chi connectivity index (χ1n) is 13.3. The topological polar surface area (TPSA) is 183 Å². The summed E-state index contributed by atoms with van der Waals surface area (Å²) in [4.78, 5) is 60.2. The van der Waals surface area contributed by atoms with Gasteiger partial charge >= 0.3 is 12.1 Å². The van der Waals surface area contributed by atoms with Crippen LogP contribution in [0.1, 0.15) is 49.1 Å². The fourth-order valence-corrected chi connectivity index (χ4v) is 4.25. The molecule has 5 aromatic rings. The van der Waals surface area contributed by atoms with Crippen molar-refractivity contribution in [3.8, 4) is 0 Å². The summed E-state index contributed by atoms with van der Waals surface area (Å²) in [7, 11) is 0. The van der Waals surface area contributed by atoms with E-state index in [1.807, 2.05) is 13.8 Å². The quantitative estimate of drug-likeness (QED) is 0.185. The first-order valence-corrected chi connectivity index (χ1v) is 13.3. The molecule has 44 heavy (non-hydrogen) atoms. The van der Waals surface area contributed by atoms with E-state index in [0.29, 0.717) is 39.6 Å². The number of nitrogens with one attached hydrogen (secondary N) is 2. The van der Waals surface area contributed by atoms with Gasteiger partial charge in [-0.25, -0.2) is 19.1 Å². The van der Waals surface area contributed by atoms with Gasteiger partial charge in [0.2, 0.25) is 6.79 Å². The highest BCUT2D eigenvalue weighted by Crippen LogP contribution is 2.28. The van der Waals surface area contributed by atoms with Crippen molar-refractivity contribution in [2.45, 2.75) is 20.8 Å². The van der Waals surface area contributed by atoms with Crippen molar-refractivity contribution in [3.05, 3.63) is 95.4 Å². The summed E-state index contributed by atoms with van der Waals surface area (Å²) in [6.07, 6.45) is 5.77. The second kappa shape index (κ2) is 12.8. The molecule has 15 nitrogen and oxygen atoms in total. The molecule has 0 unspecified atom stereocenters. The molecule has 0 spiro atoms. The predicted molar refractivity (Wildman–Crippen MR) is 155 cm³/mol. The lowest BCUT2D eigenvalue weighted by Crippen LogP contribution is -2.38. The average molecular weight is 599 g/mol. The van der Waals surface area contributed by atoms with Crippen molar-refractivity contribution >= 4 is 46.7 Å². The zero-order chi connectivity index (χ0) is 31.2. The highest BCUT2D eigenvalue weighted by Gasteiger charge is 2.29. The Balaban J connectivity index is 1.38. The molecule has 5 rings (SSSR count). The second-order valence-corrected chi connectivity index (χ2v) is 9.28. The van der Waals surface area contributed by atoms with Gasteiger partial charge in [-0.1, -0.05) is 11.2 Å². The Labute approximate surface area is 249 Å². The minimum Gasteiger partial charge on any atom is -0.424 e. The molecule has 4 heterocycles. The van der Waals surface area contributed by atoms with Crippen molar-refractivity contribution in [1.82, 2.24) is 30.1 Å². The van der Waals surface area contributed by atoms with Crippen LogP contribution in [-0.4, -0.2) is 62.0 Å². The molecule has 2 N–H and O–H groups in total. The standard InChI is InChI=1S/C29H26N8O7/c1-4-31-26(38)21-14-36-24(18(21)3)25(32-15-33-36)34-22-12-19(8-7-17(22)2)27(39)37(23-9-11-44-35-23)29(41)43-16-42-28(40)20-6-5-10-30-13-20/h5-15H,4,16H2,1-3H3,(H,31,38)(H,32,33,34). The molecule has 3 amide bonds. The molecule has 0 aliphatic carbocycles. The number of fused-ring (bicyclic) bond motifs is 1. The molecule has 1 aromatic carbocycles. The zero-order valence-corrected chi connectivity index (χ0v) is 23.8. The number of hydrogen-bond donors (Lipinski definition) is 2. The van der Waals surface area contributed by atoms with Gasteiger partial charge in [-0.3, -0.25) is 14.6 Å². The van der Waals surface area contributed by atoms with E-state index in [4.69, 9.17) is 14.0 Å². The molecule has 0 bridgehead atoms. The van der Waals surface area contributed by atoms with Crippen molar-refractivity contribution in [3.63, 3.8) is 0 Å². The van der Waals surface area contributed by atoms with Crippen LogP contribution in [0, 0.1) is 13.8 Å². The maximum Gasteiger partial charge on any atom is 0.425 e. The number of aromatic nitrogens is 5. The van der Waals surface area contributed by atoms with Crippen molar-refractivity contribution in [2.24, 2.45) is 0 Å². The molecule has 0 atom stereocenters. The SMILES string of the molecule is CCNC(=O)c1cn2ncnc(Nc3cc(C(=O)N(C(=O)OCOC(=O)c4cccnc4)c4ccon4)ccc3C)c2c1C. The Kier molecular flexibility index (Phi) is 8.55. The molecule has 0 saturated carbocycles. The fourth-order valence-electron chi connectivity index (χ4n) is 4.25. The lowest BCUT2D eigenvalue weighted by Gasteiger charge is -2.18. The van der Waals surface area contributed by atoms with Crippen molar-refractivity contribution in [1.29, 1.82) is 0 Å². The number of benzene rings is 1. The molecule has 0 radical (unpaired) electrons. The van der Waals surface area contributed by atoms with Gasteiger partial charge in [-0.2, -0.15) is 10.00 Å². The van der Waals surface area contributed by atoms with Crippen molar-refractivity contribution in [2.75, 3.05) is 23.6 Å². The zero-order valence-electron chi connectivity index (χ0n) is 23.8. The molecule has 15 heteroatoms. The third kappa shape index (κ3) is 6.06. The Morgan fingerprint density at radius 2 is 1.91 bits per heavy atom. The van der Waals surface area contributed by atoms with E-state index >= 15 is 0 Å². The van der Waals surface area contributed by atoms with Gasteiger partial charge < -0.3 is 24.6 Å². The molecule has 224 valence electrons. The Hall–Kier alpha value is -6.12. The number of rotatable bonds is 9. The molecule has 0 aliphatic heterocycles. The van der Waals surface area contributed by atoms with E-state index in [-0.39, 0.29) is 22.9 Å². The number of anilines is 3. The van der Waals surface area contributed by atoms with E-state index in [1.54, 1.807) is 29.8 Å². The van der Waals surface area contributed by atoms with Crippen LogP contribution in [-0.2, 0) is 9.47 Å². The number of pyridine rings is 1. The normalized spacial score (nSPS) is 10.7. The largest absolute Gasteiger partial charge is 0.425 e. The van der Waals surface area contributed by atoms with Gasteiger partial charge in [-0.15, -0.1) is 0 Å². The number of amides is 3. The third-order valence-electron chi connectivity index (χ3n) is 6.46. The Morgan fingerprint density at radius 3 is 2.64 bits per heavy atom. The van der Waals surface area contributed by atoms with Crippen LogP contribution in [0.2, 0.25) is 0 Å². The van der Waals surface area contributed by atoms with Crippen molar-refractivity contribution < 1.29 is 33.2 Å². The molecule has 0 aliphatic rings. The van der Waals surface area contributed by atoms with Crippen LogP contribution in [0.3, 0.4) is 0 Å². The van der Waals surface area contributed by atoms with E-state index in [9.17, 15) is 19.2 Å². The van der Waals surface area contributed by atoms with Crippen LogP contribution >= 0.6 is 0 Å². The molecular weight excluding hydrogens is 572 g/mol. The van der Waals surface area contributed by atoms with Gasteiger partial charge in [0, 0.05) is 42.5 Å². The first kappa shape index (κ1) is 29.4. The lowest BCUT2D eigenvalue weighted by molar-refractivity contribution is -0.000418. The predicted octanol–water partition coefficient (Wildman–Crippen LogP) is 3.82. The summed E-state index contributed by atoms with van der Waals surface area (Å²) in [6, 6.07) is 9.07.